The maximum absolute atomic E-state index is 13.0. The van der Waals surface area contributed by atoms with Gasteiger partial charge in [-0.1, -0.05) is 43.3 Å². The first kappa shape index (κ1) is 19.1. The van der Waals surface area contributed by atoms with E-state index in [4.69, 9.17) is 4.42 Å². The Kier molecular flexibility index (Phi) is 5.14. The second-order valence-corrected chi connectivity index (χ2v) is 8.75. The number of rotatable bonds is 7. The molecule has 0 saturated heterocycles. The molecular formula is C21H19N5O2S2. The fraction of sp³-hybridized carbons (Fsp3) is 0.238. The average Bonchev–Trinajstić information content (AvgIpc) is 3.52. The Morgan fingerprint density at radius 1 is 1.17 bits per heavy atom. The van der Waals surface area contributed by atoms with Crippen molar-refractivity contribution in [1.29, 1.82) is 0 Å². The number of aromatic nitrogens is 5. The first-order chi connectivity index (χ1) is 14.8. The molecule has 0 aliphatic heterocycles. The molecule has 0 aliphatic carbocycles. The van der Waals surface area contributed by atoms with E-state index in [1.807, 2.05) is 46.2 Å². The van der Waals surface area contributed by atoms with Crippen molar-refractivity contribution >= 4 is 39.8 Å². The zero-order chi connectivity index (χ0) is 20.5. The Bertz CT molecular complexity index is 1370. The van der Waals surface area contributed by atoms with Gasteiger partial charge in [0.15, 0.2) is 5.16 Å². The van der Waals surface area contributed by atoms with E-state index < -0.39 is 0 Å². The highest BCUT2D eigenvalue weighted by atomic mass is 32.2. The average molecular weight is 438 g/mol. The molecule has 5 rings (SSSR count). The lowest BCUT2D eigenvalue weighted by atomic mass is 10.2. The number of unbranched alkanes of at least 4 members (excludes halogenated alkanes) is 1. The largest absolute Gasteiger partial charge is 0.444 e. The van der Waals surface area contributed by atoms with E-state index in [1.165, 1.54) is 11.8 Å². The molecule has 0 spiro atoms. The van der Waals surface area contributed by atoms with Crippen LogP contribution in [0.2, 0.25) is 0 Å². The van der Waals surface area contributed by atoms with Gasteiger partial charge in [0, 0.05) is 12.3 Å². The summed E-state index contributed by atoms with van der Waals surface area (Å²) in [5.41, 5.74) is 1.63. The van der Waals surface area contributed by atoms with Crippen LogP contribution in [0.3, 0.4) is 0 Å². The monoisotopic (exact) mass is 437 g/mol. The molecule has 30 heavy (non-hydrogen) atoms. The summed E-state index contributed by atoms with van der Waals surface area (Å²) in [6, 6.07) is 11.6. The molecule has 7 nitrogen and oxygen atoms in total. The third kappa shape index (κ3) is 3.33. The van der Waals surface area contributed by atoms with Crippen molar-refractivity contribution in [2.75, 3.05) is 0 Å². The molecule has 0 radical (unpaired) electrons. The maximum Gasteiger partial charge on any atom is 0.262 e. The second kappa shape index (κ2) is 8.08. The van der Waals surface area contributed by atoms with Crippen LogP contribution in [0, 0.1) is 0 Å². The molecule has 0 fully saturated rings. The summed E-state index contributed by atoms with van der Waals surface area (Å²) in [6.07, 6.45) is 3.59. The molecule has 9 heteroatoms. The summed E-state index contributed by atoms with van der Waals surface area (Å²) in [6.45, 7) is 2.73. The van der Waals surface area contributed by atoms with Crippen LogP contribution in [-0.4, -0.2) is 24.1 Å². The van der Waals surface area contributed by atoms with E-state index >= 15 is 0 Å². The minimum atomic E-state index is -0.0207. The molecule has 152 valence electrons. The van der Waals surface area contributed by atoms with Crippen molar-refractivity contribution < 1.29 is 4.42 Å². The van der Waals surface area contributed by atoms with Gasteiger partial charge in [0.05, 0.1) is 21.5 Å². The lowest BCUT2D eigenvalue weighted by Crippen LogP contribution is -2.23. The number of hydrogen-bond donors (Lipinski definition) is 0. The van der Waals surface area contributed by atoms with Crippen molar-refractivity contribution in [3.8, 4) is 10.8 Å². The third-order valence-corrected chi connectivity index (χ3v) is 6.67. The Hall–Kier alpha value is -2.91. The molecule has 4 aromatic heterocycles. The number of thiophene rings is 1. The number of aryl methyl sites for hydroxylation is 1. The van der Waals surface area contributed by atoms with Crippen LogP contribution in [0.4, 0.5) is 0 Å². The van der Waals surface area contributed by atoms with Crippen LogP contribution in [0.1, 0.15) is 25.5 Å². The van der Waals surface area contributed by atoms with E-state index in [0.717, 1.165) is 34.1 Å². The Labute approximate surface area is 180 Å². The van der Waals surface area contributed by atoms with E-state index in [9.17, 15) is 4.79 Å². The highest BCUT2D eigenvalue weighted by molar-refractivity contribution is 7.98. The van der Waals surface area contributed by atoms with Crippen LogP contribution in [0.25, 0.3) is 27.4 Å². The molecule has 0 bridgehead atoms. The molecule has 5 aromatic rings. The van der Waals surface area contributed by atoms with Gasteiger partial charge in [-0.25, -0.2) is 4.98 Å². The first-order valence-electron chi connectivity index (χ1n) is 9.74. The number of para-hydroxylation sites is 1. The second-order valence-electron chi connectivity index (χ2n) is 6.86. The normalized spacial score (nSPS) is 11.6. The van der Waals surface area contributed by atoms with Gasteiger partial charge in [0.1, 0.15) is 6.26 Å². The Balaban J connectivity index is 1.52. The maximum atomic E-state index is 13.0. The third-order valence-electron chi connectivity index (χ3n) is 4.85. The molecule has 0 atom stereocenters. The zero-order valence-electron chi connectivity index (χ0n) is 16.3. The van der Waals surface area contributed by atoms with E-state index in [2.05, 4.69) is 22.1 Å². The molecular weight excluding hydrogens is 418 g/mol. The molecule has 0 N–H and O–H groups in total. The first-order valence-corrected chi connectivity index (χ1v) is 11.6. The van der Waals surface area contributed by atoms with Gasteiger partial charge in [0.2, 0.25) is 11.7 Å². The SMILES string of the molecule is CCCCn1c(=O)c2ccccc2n2c(SCc3coc(-c4cccs4)n3)nnc12. The van der Waals surface area contributed by atoms with Crippen LogP contribution >= 0.6 is 23.1 Å². The molecule has 1 aromatic carbocycles. The summed E-state index contributed by atoms with van der Waals surface area (Å²) in [7, 11) is 0. The lowest BCUT2D eigenvalue weighted by Gasteiger charge is -2.10. The number of benzene rings is 1. The van der Waals surface area contributed by atoms with Crippen LogP contribution < -0.4 is 5.56 Å². The lowest BCUT2D eigenvalue weighted by molar-refractivity contribution is 0.575. The van der Waals surface area contributed by atoms with E-state index in [1.54, 1.807) is 22.2 Å². The highest BCUT2D eigenvalue weighted by Crippen LogP contribution is 2.28. The predicted octanol–water partition coefficient (Wildman–Crippen LogP) is 4.85. The van der Waals surface area contributed by atoms with Gasteiger partial charge in [0.25, 0.3) is 5.56 Å². The number of nitrogens with zero attached hydrogens (tertiary/aromatic N) is 5. The topological polar surface area (TPSA) is 78.2 Å². The minimum absolute atomic E-state index is 0.0207. The van der Waals surface area contributed by atoms with Gasteiger partial charge in [-0.05, 0) is 30.0 Å². The van der Waals surface area contributed by atoms with Gasteiger partial charge >= 0.3 is 0 Å². The number of hydrogen-bond acceptors (Lipinski definition) is 7. The predicted molar refractivity (Wildman–Crippen MR) is 119 cm³/mol. The highest BCUT2D eigenvalue weighted by Gasteiger charge is 2.17. The number of fused-ring (bicyclic) bond motifs is 3. The van der Waals surface area contributed by atoms with Gasteiger partial charge in [-0.15, -0.1) is 21.5 Å². The van der Waals surface area contributed by atoms with Crippen molar-refractivity contribution in [3.63, 3.8) is 0 Å². The fourth-order valence-corrected chi connectivity index (χ4v) is 4.84. The molecule has 0 amide bonds. The van der Waals surface area contributed by atoms with Gasteiger partial charge in [-0.2, -0.15) is 0 Å². The standard InChI is InChI=1S/C21H19N5O2S2/c1-2-3-10-25-19(27)15-7-4-5-8-16(15)26-20(25)23-24-21(26)30-13-14-12-28-18(22-14)17-9-6-11-29-17/h4-9,11-12H,2-3,10,13H2,1H3. The van der Waals surface area contributed by atoms with E-state index in [0.29, 0.717) is 29.4 Å². The molecule has 4 heterocycles. The summed E-state index contributed by atoms with van der Waals surface area (Å²) >= 11 is 3.12. The molecule has 0 saturated carbocycles. The van der Waals surface area contributed by atoms with Crippen molar-refractivity contribution in [2.45, 2.75) is 37.2 Å². The van der Waals surface area contributed by atoms with Crippen molar-refractivity contribution in [2.24, 2.45) is 0 Å². The number of oxazole rings is 1. The summed E-state index contributed by atoms with van der Waals surface area (Å²) in [4.78, 5) is 18.6. The van der Waals surface area contributed by atoms with Crippen molar-refractivity contribution in [3.05, 3.63) is 64.1 Å². The van der Waals surface area contributed by atoms with Gasteiger partial charge < -0.3 is 4.42 Å². The van der Waals surface area contributed by atoms with Crippen LogP contribution in [0.5, 0.6) is 0 Å². The van der Waals surface area contributed by atoms with Crippen LogP contribution in [-0.2, 0) is 12.3 Å². The Morgan fingerprint density at radius 2 is 2.07 bits per heavy atom. The summed E-state index contributed by atoms with van der Waals surface area (Å²) in [5.74, 6) is 1.80. The number of thioether (sulfide) groups is 1. The molecule has 0 unspecified atom stereocenters. The molecule has 0 aliphatic rings. The van der Waals surface area contributed by atoms with E-state index in [-0.39, 0.29) is 5.56 Å². The minimum Gasteiger partial charge on any atom is -0.444 e. The van der Waals surface area contributed by atoms with Crippen molar-refractivity contribution in [1.82, 2.24) is 24.1 Å². The van der Waals surface area contributed by atoms with Gasteiger partial charge in [-0.3, -0.25) is 13.8 Å². The summed E-state index contributed by atoms with van der Waals surface area (Å²) < 4.78 is 9.31. The Morgan fingerprint density at radius 3 is 2.90 bits per heavy atom. The smallest absolute Gasteiger partial charge is 0.262 e. The fourth-order valence-electron chi connectivity index (χ4n) is 3.37. The zero-order valence-corrected chi connectivity index (χ0v) is 17.9. The van der Waals surface area contributed by atoms with Crippen LogP contribution in [0.15, 0.2) is 62.4 Å². The quantitative estimate of drug-likeness (QED) is 0.339. The summed E-state index contributed by atoms with van der Waals surface area (Å²) in [5, 5.41) is 12.1.